The van der Waals surface area contributed by atoms with Crippen molar-refractivity contribution >= 4 is 33.2 Å². The first kappa shape index (κ1) is 19.1. The molecule has 0 fully saturated rings. The first-order chi connectivity index (χ1) is 11.9. The van der Waals surface area contributed by atoms with E-state index in [1.54, 1.807) is 54.6 Å². The van der Waals surface area contributed by atoms with Crippen molar-refractivity contribution in [2.24, 2.45) is 0 Å². The first-order valence-corrected chi connectivity index (χ1v) is 9.77. The van der Waals surface area contributed by atoms with Crippen LogP contribution in [0.4, 0.5) is 5.69 Å². The van der Waals surface area contributed by atoms with Crippen molar-refractivity contribution in [2.45, 2.75) is 0 Å². The molecule has 0 aliphatic rings. The summed E-state index contributed by atoms with van der Waals surface area (Å²) in [6.07, 6.45) is 1.13. The van der Waals surface area contributed by atoms with Crippen LogP contribution in [0.3, 0.4) is 0 Å². The van der Waals surface area contributed by atoms with Crippen LogP contribution < -0.4 is 14.4 Å². The number of nitrogens with zero attached hydrogens (tertiary/aromatic N) is 1. The molecule has 0 heterocycles. The Morgan fingerprint density at radius 1 is 1.12 bits per heavy atom. The van der Waals surface area contributed by atoms with E-state index < -0.39 is 10.0 Å². The Balaban J connectivity index is 1.83. The number of sulfonamides is 1. The number of nitrogens with one attached hydrogen (secondary N) is 1. The van der Waals surface area contributed by atoms with Gasteiger partial charge in [0.1, 0.15) is 5.75 Å². The van der Waals surface area contributed by atoms with Crippen molar-refractivity contribution in [2.75, 3.05) is 30.3 Å². The molecule has 0 saturated carbocycles. The summed E-state index contributed by atoms with van der Waals surface area (Å²) in [5, 5.41) is 3.22. The Bertz CT molecular complexity index is 795. The Labute approximate surface area is 152 Å². The predicted octanol–water partition coefficient (Wildman–Crippen LogP) is 2.30. The van der Waals surface area contributed by atoms with Gasteiger partial charge in [-0.1, -0.05) is 29.8 Å². The van der Waals surface area contributed by atoms with Crippen LogP contribution in [0.2, 0.25) is 5.02 Å². The first-order valence-electron chi connectivity index (χ1n) is 7.54. The van der Waals surface area contributed by atoms with Crippen molar-refractivity contribution in [1.82, 2.24) is 5.32 Å². The van der Waals surface area contributed by atoms with E-state index in [4.69, 9.17) is 16.3 Å². The molecular formula is C17H19ClN2O4S. The summed E-state index contributed by atoms with van der Waals surface area (Å²) in [5.74, 6) is 0.193. The lowest BCUT2D eigenvalue weighted by atomic mass is 10.3. The third-order valence-corrected chi connectivity index (χ3v) is 4.71. The van der Waals surface area contributed by atoms with Gasteiger partial charge in [0.25, 0.3) is 5.91 Å². The van der Waals surface area contributed by atoms with Crippen LogP contribution in [0.1, 0.15) is 0 Å². The van der Waals surface area contributed by atoms with E-state index >= 15 is 0 Å². The van der Waals surface area contributed by atoms with Crippen LogP contribution in [0.25, 0.3) is 0 Å². The third kappa shape index (κ3) is 6.28. The summed E-state index contributed by atoms with van der Waals surface area (Å²) in [6, 6.07) is 15.4. The Kier molecular flexibility index (Phi) is 6.66. The summed E-state index contributed by atoms with van der Waals surface area (Å²) in [7, 11) is -3.44. The Hall–Kier alpha value is -2.25. The molecule has 1 N–H and O–H groups in total. The molecule has 1 amide bonds. The molecule has 0 spiro atoms. The van der Waals surface area contributed by atoms with Crippen molar-refractivity contribution in [3.63, 3.8) is 0 Å². The molecule has 0 atom stereocenters. The average Bonchev–Trinajstić information content (AvgIpc) is 2.58. The second-order valence-electron chi connectivity index (χ2n) is 5.26. The van der Waals surface area contributed by atoms with Crippen LogP contribution in [-0.2, 0) is 14.8 Å². The van der Waals surface area contributed by atoms with E-state index in [0.29, 0.717) is 16.5 Å². The molecule has 8 heteroatoms. The van der Waals surface area contributed by atoms with Gasteiger partial charge in [-0.2, -0.15) is 0 Å². The van der Waals surface area contributed by atoms with Crippen molar-refractivity contribution < 1.29 is 17.9 Å². The van der Waals surface area contributed by atoms with E-state index in [2.05, 4.69) is 5.32 Å². The zero-order chi connectivity index (χ0) is 18.3. The largest absolute Gasteiger partial charge is 0.484 e. The van der Waals surface area contributed by atoms with Crippen LogP contribution >= 0.6 is 11.6 Å². The lowest BCUT2D eigenvalue weighted by Crippen LogP contribution is -2.39. The number of halogens is 1. The highest BCUT2D eigenvalue weighted by molar-refractivity contribution is 7.92. The highest BCUT2D eigenvalue weighted by atomic mass is 35.5. The Morgan fingerprint density at radius 3 is 2.36 bits per heavy atom. The van der Waals surface area contributed by atoms with E-state index in [1.165, 1.54) is 4.31 Å². The maximum Gasteiger partial charge on any atom is 0.258 e. The molecule has 0 aromatic heterocycles. The zero-order valence-electron chi connectivity index (χ0n) is 13.7. The number of para-hydroxylation sites is 1. The predicted molar refractivity (Wildman–Crippen MR) is 98.6 cm³/mol. The minimum absolute atomic E-state index is 0.134. The normalized spacial score (nSPS) is 11.0. The highest BCUT2D eigenvalue weighted by Gasteiger charge is 2.17. The number of carbonyl (C=O) groups excluding carboxylic acids is 1. The number of hydrogen-bond donors (Lipinski definition) is 1. The fraction of sp³-hybridized carbons (Fsp3) is 0.235. The van der Waals surface area contributed by atoms with Gasteiger partial charge in [0.05, 0.1) is 18.5 Å². The van der Waals surface area contributed by atoms with Gasteiger partial charge < -0.3 is 10.1 Å². The SMILES string of the molecule is CS(=O)(=O)N(CCNC(=O)COc1ccc(Cl)cc1)c1ccccc1. The fourth-order valence-corrected chi connectivity index (χ4v) is 3.16. The smallest absolute Gasteiger partial charge is 0.258 e. The van der Waals surface area contributed by atoms with Gasteiger partial charge in [-0.05, 0) is 36.4 Å². The molecule has 0 aliphatic carbocycles. The van der Waals surface area contributed by atoms with Crippen LogP contribution in [0.15, 0.2) is 54.6 Å². The molecule has 2 rings (SSSR count). The molecule has 2 aromatic rings. The molecule has 0 radical (unpaired) electrons. The van der Waals surface area contributed by atoms with E-state index in [9.17, 15) is 13.2 Å². The average molecular weight is 383 g/mol. The zero-order valence-corrected chi connectivity index (χ0v) is 15.3. The van der Waals surface area contributed by atoms with Crippen LogP contribution in [0.5, 0.6) is 5.75 Å². The summed E-state index contributed by atoms with van der Waals surface area (Å²) in [4.78, 5) is 11.8. The summed E-state index contributed by atoms with van der Waals surface area (Å²) >= 11 is 5.77. The summed E-state index contributed by atoms with van der Waals surface area (Å²) in [5.41, 5.74) is 0.552. The number of anilines is 1. The van der Waals surface area contributed by atoms with Gasteiger partial charge in [-0.15, -0.1) is 0 Å². The Morgan fingerprint density at radius 2 is 1.76 bits per heavy atom. The molecule has 0 unspecified atom stereocenters. The number of hydrogen-bond acceptors (Lipinski definition) is 4. The maximum atomic E-state index is 11.9. The van der Waals surface area contributed by atoms with Gasteiger partial charge in [0.2, 0.25) is 10.0 Å². The lowest BCUT2D eigenvalue weighted by molar-refractivity contribution is -0.123. The van der Waals surface area contributed by atoms with Crippen LogP contribution in [0, 0.1) is 0 Å². The molecule has 0 saturated heterocycles. The van der Waals surface area contributed by atoms with Gasteiger partial charge in [-0.25, -0.2) is 8.42 Å². The van der Waals surface area contributed by atoms with Crippen LogP contribution in [-0.4, -0.2) is 40.3 Å². The number of amides is 1. The molecule has 134 valence electrons. The molecule has 6 nitrogen and oxygen atoms in total. The standard InChI is InChI=1S/C17H19ClN2O4S/c1-25(22,23)20(15-5-3-2-4-6-15)12-11-19-17(21)13-24-16-9-7-14(18)8-10-16/h2-10H,11-13H2,1H3,(H,19,21). The second kappa shape index (κ2) is 8.73. The third-order valence-electron chi connectivity index (χ3n) is 3.27. The van der Waals surface area contributed by atoms with Crippen molar-refractivity contribution in [1.29, 1.82) is 0 Å². The monoisotopic (exact) mass is 382 g/mol. The lowest BCUT2D eigenvalue weighted by Gasteiger charge is -2.22. The van der Waals surface area contributed by atoms with E-state index in [-0.39, 0.29) is 25.6 Å². The molecule has 0 aliphatic heterocycles. The molecule has 25 heavy (non-hydrogen) atoms. The van der Waals surface area contributed by atoms with Gasteiger partial charge in [0, 0.05) is 11.6 Å². The minimum Gasteiger partial charge on any atom is -0.484 e. The molecule has 0 bridgehead atoms. The topological polar surface area (TPSA) is 75.7 Å². The summed E-state index contributed by atoms with van der Waals surface area (Å²) in [6.45, 7) is 0.145. The number of ether oxygens (including phenoxy) is 1. The van der Waals surface area contributed by atoms with E-state index in [1.807, 2.05) is 0 Å². The van der Waals surface area contributed by atoms with Gasteiger partial charge >= 0.3 is 0 Å². The highest BCUT2D eigenvalue weighted by Crippen LogP contribution is 2.16. The summed E-state index contributed by atoms with van der Waals surface area (Å²) < 4.78 is 30.4. The maximum absolute atomic E-state index is 11.9. The van der Waals surface area contributed by atoms with Crippen molar-refractivity contribution in [3.05, 3.63) is 59.6 Å². The molecule has 2 aromatic carbocycles. The second-order valence-corrected chi connectivity index (χ2v) is 7.61. The fourth-order valence-electron chi connectivity index (χ4n) is 2.11. The number of benzene rings is 2. The number of carbonyl (C=O) groups is 1. The van der Waals surface area contributed by atoms with E-state index in [0.717, 1.165) is 6.26 Å². The minimum atomic E-state index is -3.44. The van der Waals surface area contributed by atoms with Gasteiger partial charge in [-0.3, -0.25) is 9.10 Å². The van der Waals surface area contributed by atoms with Crippen molar-refractivity contribution in [3.8, 4) is 5.75 Å². The quantitative estimate of drug-likeness (QED) is 0.760. The number of rotatable bonds is 8. The molecular weight excluding hydrogens is 364 g/mol. The van der Waals surface area contributed by atoms with Gasteiger partial charge in [0.15, 0.2) is 6.61 Å².